The lowest BCUT2D eigenvalue weighted by Crippen LogP contribution is -1.96. The number of aryl methyl sites for hydroxylation is 2. The van der Waals surface area contributed by atoms with Crippen LogP contribution < -0.4 is 0 Å². The Hall–Kier alpha value is -1.30. The molecular weight excluding hydrogens is 162 g/mol. The maximum Gasteiger partial charge on any atom is 0.123 e. The van der Waals surface area contributed by atoms with Crippen molar-refractivity contribution in [2.24, 2.45) is 0 Å². The Labute approximate surface area is 78.8 Å². The van der Waals surface area contributed by atoms with E-state index < -0.39 is 0 Å². The zero-order valence-electron chi connectivity index (χ0n) is 8.39. The number of nitriles is 1. The van der Waals surface area contributed by atoms with E-state index in [1.807, 2.05) is 13.8 Å². The first-order valence-corrected chi connectivity index (χ1v) is 4.67. The minimum atomic E-state index is -0.0843. The second kappa shape index (κ2) is 4.08. The van der Waals surface area contributed by atoms with Crippen molar-refractivity contribution in [2.75, 3.05) is 0 Å². The number of aromatic nitrogens is 2. The minimum Gasteiger partial charge on any atom is -0.345 e. The molecule has 70 valence electrons. The standard InChI is InChI=1S/C10H15N3/c1-4-8(6-11)10-12-7(3)9(5-2)13-10/h8H,4-5H2,1-3H3,(H,12,13). The Morgan fingerprint density at radius 3 is 2.62 bits per heavy atom. The monoisotopic (exact) mass is 177 g/mol. The minimum absolute atomic E-state index is 0.0843. The highest BCUT2D eigenvalue weighted by Gasteiger charge is 2.13. The Morgan fingerprint density at radius 1 is 1.54 bits per heavy atom. The van der Waals surface area contributed by atoms with E-state index in [0.29, 0.717) is 0 Å². The highest BCUT2D eigenvalue weighted by Crippen LogP contribution is 2.17. The lowest BCUT2D eigenvalue weighted by Gasteiger charge is -1.99. The number of hydrogen-bond acceptors (Lipinski definition) is 2. The van der Waals surface area contributed by atoms with Gasteiger partial charge in [-0.2, -0.15) is 5.26 Å². The van der Waals surface area contributed by atoms with Gasteiger partial charge >= 0.3 is 0 Å². The van der Waals surface area contributed by atoms with Gasteiger partial charge in [-0.05, 0) is 19.8 Å². The first-order chi connectivity index (χ1) is 6.22. The quantitative estimate of drug-likeness (QED) is 0.770. The summed E-state index contributed by atoms with van der Waals surface area (Å²) in [5.41, 5.74) is 2.16. The third kappa shape index (κ3) is 1.89. The van der Waals surface area contributed by atoms with Gasteiger partial charge in [-0.25, -0.2) is 4.98 Å². The molecule has 0 saturated carbocycles. The molecule has 1 atom stereocenters. The van der Waals surface area contributed by atoms with Crippen molar-refractivity contribution in [1.82, 2.24) is 9.97 Å². The van der Waals surface area contributed by atoms with Crippen LogP contribution >= 0.6 is 0 Å². The van der Waals surface area contributed by atoms with Crippen LogP contribution in [0.25, 0.3) is 0 Å². The Morgan fingerprint density at radius 2 is 2.23 bits per heavy atom. The summed E-state index contributed by atoms with van der Waals surface area (Å²) >= 11 is 0. The second-order valence-electron chi connectivity index (χ2n) is 3.14. The fraction of sp³-hybridized carbons (Fsp3) is 0.600. The zero-order chi connectivity index (χ0) is 9.84. The van der Waals surface area contributed by atoms with Gasteiger partial charge in [-0.1, -0.05) is 13.8 Å². The molecule has 0 aliphatic rings. The molecule has 3 heteroatoms. The number of nitrogens with zero attached hydrogens (tertiary/aromatic N) is 2. The lowest BCUT2D eigenvalue weighted by molar-refractivity contribution is 0.761. The predicted octanol–water partition coefficient (Wildman–Crippen LogP) is 2.30. The molecule has 0 bridgehead atoms. The van der Waals surface area contributed by atoms with Crippen LogP contribution in [0.15, 0.2) is 0 Å². The van der Waals surface area contributed by atoms with Crippen LogP contribution in [0, 0.1) is 18.3 Å². The smallest absolute Gasteiger partial charge is 0.123 e. The normalized spacial score (nSPS) is 12.5. The maximum atomic E-state index is 8.84. The zero-order valence-corrected chi connectivity index (χ0v) is 8.39. The summed E-state index contributed by atoms with van der Waals surface area (Å²) in [6, 6.07) is 2.24. The molecule has 0 aliphatic heterocycles. The molecule has 1 N–H and O–H groups in total. The van der Waals surface area contributed by atoms with Gasteiger partial charge in [0.1, 0.15) is 11.7 Å². The highest BCUT2D eigenvalue weighted by molar-refractivity contribution is 5.18. The molecule has 1 unspecified atom stereocenters. The van der Waals surface area contributed by atoms with Crippen molar-refractivity contribution in [3.8, 4) is 6.07 Å². The summed E-state index contributed by atoms with van der Waals surface area (Å²) in [6.45, 7) is 6.07. The van der Waals surface area contributed by atoms with Crippen molar-refractivity contribution in [1.29, 1.82) is 5.26 Å². The van der Waals surface area contributed by atoms with Gasteiger partial charge in [-0.3, -0.25) is 0 Å². The van der Waals surface area contributed by atoms with E-state index in [-0.39, 0.29) is 5.92 Å². The Bertz CT molecular complexity index is 319. The Kier molecular flexibility index (Phi) is 3.07. The molecule has 1 heterocycles. The number of nitrogens with one attached hydrogen (secondary N) is 1. The molecule has 1 aromatic rings. The average Bonchev–Trinajstić information content (AvgIpc) is 2.49. The van der Waals surface area contributed by atoms with Crippen molar-refractivity contribution >= 4 is 0 Å². The van der Waals surface area contributed by atoms with Gasteiger partial charge in [0.05, 0.1) is 11.8 Å². The topological polar surface area (TPSA) is 52.5 Å². The van der Waals surface area contributed by atoms with E-state index in [2.05, 4.69) is 23.0 Å². The number of aromatic amines is 1. The summed E-state index contributed by atoms with van der Waals surface area (Å²) in [4.78, 5) is 7.56. The lowest BCUT2D eigenvalue weighted by atomic mass is 10.1. The molecule has 13 heavy (non-hydrogen) atoms. The van der Waals surface area contributed by atoms with E-state index in [1.54, 1.807) is 0 Å². The molecule has 0 fully saturated rings. The van der Waals surface area contributed by atoms with Gasteiger partial charge in [0, 0.05) is 5.69 Å². The van der Waals surface area contributed by atoms with Crippen molar-refractivity contribution in [3.05, 3.63) is 17.2 Å². The first-order valence-electron chi connectivity index (χ1n) is 4.67. The summed E-state index contributed by atoms with van der Waals surface area (Å²) in [7, 11) is 0. The van der Waals surface area contributed by atoms with E-state index >= 15 is 0 Å². The molecule has 0 radical (unpaired) electrons. The maximum absolute atomic E-state index is 8.84. The van der Waals surface area contributed by atoms with E-state index in [4.69, 9.17) is 5.26 Å². The largest absolute Gasteiger partial charge is 0.345 e. The summed E-state index contributed by atoms with van der Waals surface area (Å²) in [5.74, 6) is 0.735. The molecule has 0 spiro atoms. The van der Waals surface area contributed by atoms with Crippen LogP contribution in [0.5, 0.6) is 0 Å². The summed E-state index contributed by atoms with van der Waals surface area (Å²) < 4.78 is 0. The number of H-pyrrole nitrogens is 1. The predicted molar refractivity (Wildman–Crippen MR) is 51.3 cm³/mol. The van der Waals surface area contributed by atoms with Gasteiger partial charge < -0.3 is 4.98 Å². The van der Waals surface area contributed by atoms with Gasteiger partial charge in [0.2, 0.25) is 0 Å². The van der Waals surface area contributed by atoms with Crippen LogP contribution in [0.3, 0.4) is 0 Å². The van der Waals surface area contributed by atoms with Crippen molar-refractivity contribution < 1.29 is 0 Å². The third-order valence-electron chi connectivity index (χ3n) is 2.23. The molecule has 1 rings (SSSR count). The van der Waals surface area contributed by atoms with Crippen LogP contribution in [0.1, 0.15) is 43.4 Å². The van der Waals surface area contributed by atoms with Crippen LogP contribution in [0.4, 0.5) is 0 Å². The summed E-state index contributed by atoms with van der Waals surface area (Å²) in [5, 5.41) is 8.84. The number of hydrogen-bond donors (Lipinski definition) is 1. The molecule has 0 saturated heterocycles. The van der Waals surface area contributed by atoms with E-state index in [0.717, 1.165) is 30.1 Å². The highest BCUT2D eigenvalue weighted by atomic mass is 14.9. The van der Waals surface area contributed by atoms with E-state index in [9.17, 15) is 0 Å². The molecule has 1 aromatic heterocycles. The van der Waals surface area contributed by atoms with Crippen molar-refractivity contribution in [3.63, 3.8) is 0 Å². The van der Waals surface area contributed by atoms with Crippen molar-refractivity contribution in [2.45, 2.75) is 39.5 Å². The average molecular weight is 177 g/mol. The fourth-order valence-corrected chi connectivity index (χ4v) is 1.38. The molecule has 0 aromatic carbocycles. The Balaban J connectivity index is 2.96. The SMILES string of the molecule is CCc1nc(C(C#N)CC)[nH]c1C. The van der Waals surface area contributed by atoms with Gasteiger partial charge in [0.25, 0.3) is 0 Å². The van der Waals surface area contributed by atoms with Gasteiger partial charge in [-0.15, -0.1) is 0 Å². The number of rotatable bonds is 3. The molecule has 0 aliphatic carbocycles. The van der Waals surface area contributed by atoms with Gasteiger partial charge in [0.15, 0.2) is 0 Å². The van der Waals surface area contributed by atoms with Crippen LogP contribution in [-0.2, 0) is 6.42 Å². The van der Waals surface area contributed by atoms with Crippen LogP contribution in [0.2, 0.25) is 0 Å². The molecule has 3 nitrogen and oxygen atoms in total. The number of imidazole rings is 1. The molecular formula is C10H15N3. The molecule has 0 amide bonds. The van der Waals surface area contributed by atoms with Crippen LogP contribution in [-0.4, -0.2) is 9.97 Å². The fourth-order valence-electron chi connectivity index (χ4n) is 1.38. The summed E-state index contributed by atoms with van der Waals surface area (Å²) in [6.07, 6.45) is 1.73. The first kappa shape index (κ1) is 9.79. The second-order valence-corrected chi connectivity index (χ2v) is 3.14. The van der Waals surface area contributed by atoms with E-state index in [1.165, 1.54) is 0 Å². The third-order valence-corrected chi connectivity index (χ3v) is 2.23.